The number of rotatable bonds is 4. The summed E-state index contributed by atoms with van der Waals surface area (Å²) in [7, 11) is 0. The molecule has 2 aromatic carbocycles. The van der Waals surface area contributed by atoms with Crippen LogP contribution in [0.15, 0.2) is 41.5 Å². The van der Waals surface area contributed by atoms with Crippen LogP contribution in [0.3, 0.4) is 0 Å². The molecule has 0 aliphatic carbocycles. The number of aromatic hydroxyl groups is 1. The Morgan fingerprint density at radius 1 is 1.25 bits per heavy atom. The molecule has 0 bridgehead atoms. The quantitative estimate of drug-likeness (QED) is 0.660. The summed E-state index contributed by atoms with van der Waals surface area (Å²) in [5, 5.41) is 15.8. The van der Waals surface area contributed by atoms with Gasteiger partial charge in [-0.1, -0.05) is 43.7 Å². The maximum Gasteiger partial charge on any atom is 0.275 e. The first kappa shape index (κ1) is 14.1. The zero-order valence-electron chi connectivity index (χ0n) is 11.7. The molecule has 4 nitrogen and oxygen atoms in total. The maximum absolute atomic E-state index is 12.0. The van der Waals surface area contributed by atoms with E-state index in [1.54, 1.807) is 12.1 Å². The first-order chi connectivity index (χ1) is 9.63. The van der Waals surface area contributed by atoms with Gasteiger partial charge in [-0.05, 0) is 24.8 Å². The molecular formula is C16H18N2O2. The van der Waals surface area contributed by atoms with Crippen molar-refractivity contribution in [1.29, 1.82) is 0 Å². The van der Waals surface area contributed by atoms with E-state index in [4.69, 9.17) is 0 Å². The summed E-state index contributed by atoms with van der Waals surface area (Å²) in [5.41, 5.74) is 3.57. The van der Waals surface area contributed by atoms with Gasteiger partial charge in [0, 0.05) is 11.1 Å². The van der Waals surface area contributed by atoms with E-state index in [0.29, 0.717) is 5.39 Å². The van der Waals surface area contributed by atoms with E-state index in [-0.39, 0.29) is 11.3 Å². The normalized spacial score (nSPS) is 11.6. The average molecular weight is 270 g/mol. The molecule has 0 spiro atoms. The van der Waals surface area contributed by atoms with Gasteiger partial charge >= 0.3 is 0 Å². The lowest BCUT2D eigenvalue weighted by Crippen LogP contribution is -2.19. The largest absolute Gasteiger partial charge is 0.506 e. The number of hydrogen-bond donors (Lipinski definition) is 2. The van der Waals surface area contributed by atoms with Gasteiger partial charge in [-0.15, -0.1) is 0 Å². The number of nitrogens with one attached hydrogen (secondary N) is 1. The predicted octanol–water partition coefficient (Wildman–Crippen LogP) is 3.45. The fraction of sp³-hybridized carbons (Fsp3) is 0.250. The monoisotopic (exact) mass is 270 g/mol. The first-order valence-corrected chi connectivity index (χ1v) is 6.67. The predicted molar refractivity (Wildman–Crippen MR) is 81.1 cm³/mol. The highest BCUT2D eigenvalue weighted by atomic mass is 16.3. The number of phenolic OH excluding ortho intramolecular Hbond substituents is 1. The van der Waals surface area contributed by atoms with Crippen molar-refractivity contribution in [2.75, 3.05) is 0 Å². The molecule has 0 aromatic heterocycles. The average Bonchev–Trinajstić information content (AvgIpc) is 2.46. The van der Waals surface area contributed by atoms with Crippen LogP contribution in [0.2, 0.25) is 0 Å². The van der Waals surface area contributed by atoms with E-state index in [9.17, 15) is 9.90 Å². The minimum absolute atomic E-state index is 0.0102. The molecule has 0 aliphatic rings. The second-order valence-electron chi connectivity index (χ2n) is 4.72. The van der Waals surface area contributed by atoms with Crippen molar-refractivity contribution in [3.05, 3.63) is 42.0 Å². The van der Waals surface area contributed by atoms with Gasteiger partial charge in [-0.3, -0.25) is 4.79 Å². The molecular weight excluding hydrogens is 252 g/mol. The summed E-state index contributed by atoms with van der Waals surface area (Å²) in [6, 6.07) is 10.8. The summed E-state index contributed by atoms with van der Waals surface area (Å²) in [4.78, 5) is 12.0. The smallest absolute Gasteiger partial charge is 0.275 e. The summed E-state index contributed by atoms with van der Waals surface area (Å²) in [6.07, 6.45) is 1.82. The number of phenols is 1. The third kappa shape index (κ3) is 2.96. The highest BCUT2D eigenvalue weighted by molar-refractivity contribution is 6.03. The van der Waals surface area contributed by atoms with E-state index < -0.39 is 5.91 Å². The van der Waals surface area contributed by atoms with Crippen molar-refractivity contribution in [1.82, 2.24) is 5.43 Å². The Balaban J connectivity index is 2.27. The van der Waals surface area contributed by atoms with Crippen molar-refractivity contribution >= 4 is 22.4 Å². The highest BCUT2D eigenvalue weighted by Crippen LogP contribution is 2.28. The first-order valence-electron chi connectivity index (χ1n) is 6.67. The third-order valence-electron chi connectivity index (χ3n) is 3.11. The van der Waals surface area contributed by atoms with Crippen molar-refractivity contribution in [2.24, 2.45) is 5.10 Å². The van der Waals surface area contributed by atoms with E-state index >= 15 is 0 Å². The van der Waals surface area contributed by atoms with Crippen LogP contribution in [-0.2, 0) is 0 Å². The fourth-order valence-corrected chi connectivity index (χ4v) is 2.06. The Bertz CT molecular complexity index is 663. The van der Waals surface area contributed by atoms with Crippen LogP contribution in [-0.4, -0.2) is 16.7 Å². The van der Waals surface area contributed by atoms with E-state index in [2.05, 4.69) is 17.5 Å². The van der Waals surface area contributed by atoms with Crippen molar-refractivity contribution in [2.45, 2.75) is 26.7 Å². The van der Waals surface area contributed by atoms with Crippen LogP contribution >= 0.6 is 0 Å². The van der Waals surface area contributed by atoms with Crippen molar-refractivity contribution < 1.29 is 9.90 Å². The molecule has 1 amide bonds. The molecule has 0 radical (unpaired) electrons. The number of carbonyl (C=O) groups excluding carboxylic acids is 1. The molecule has 0 fully saturated rings. The van der Waals surface area contributed by atoms with Gasteiger partial charge < -0.3 is 5.11 Å². The van der Waals surface area contributed by atoms with Gasteiger partial charge in [0.15, 0.2) is 0 Å². The number of amides is 1. The Morgan fingerprint density at radius 3 is 2.75 bits per heavy atom. The summed E-state index contributed by atoms with van der Waals surface area (Å²) >= 11 is 0. The lowest BCUT2D eigenvalue weighted by atomic mass is 10.1. The second kappa shape index (κ2) is 6.19. The summed E-state index contributed by atoms with van der Waals surface area (Å²) < 4.78 is 0. The molecule has 0 unspecified atom stereocenters. The molecule has 2 N–H and O–H groups in total. The number of benzene rings is 2. The van der Waals surface area contributed by atoms with E-state index in [0.717, 1.165) is 23.9 Å². The van der Waals surface area contributed by atoms with Crippen LogP contribution in [0.25, 0.3) is 10.8 Å². The summed E-state index contributed by atoms with van der Waals surface area (Å²) in [6.45, 7) is 3.92. The Labute approximate surface area is 118 Å². The molecule has 2 aromatic rings. The standard InChI is InChI=1S/C16H18N2O2/c1-3-6-11(2)17-18-16(20)14-10-9-12-7-4-5-8-13(12)15(14)19/h4-5,7-10,19H,3,6H2,1-2H3,(H,18,20)/b17-11+. The van der Waals surface area contributed by atoms with Gasteiger partial charge in [0.05, 0.1) is 5.56 Å². The molecule has 0 aliphatic heterocycles. The number of hydrazone groups is 1. The third-order valence-corrected chi connectivity index (χ3v) is 3.11. The van der Waals surface area contributed by atoms with Crippen LogP contribution in [0.5, 0.6) is 5.75 Å². The zero-order valence-corrected chi connectivity index (χ0v) is 11.7. The Hall–Kier alpha value is -2.36. The SMILES string of the molecule is CCC/C(C)=N/NC(=O)c1ccc2ccccc2c1O. The van der Waals surface area contributed by atoms with Gasteiger partial charge in [0.1, 0.15) is 5.75 Å². The molecule has 104 valence electrons. The van der Waals surface area contributed by atoms with Crippen molar-refractivity contribution in [3.63, 3.8) is 0 Å². The van der Waals surface area contributed by atoms with Gasteiger partial charge in [0.2, 0.25) is 0 Å². The lowest BCUT2D eigenvalue weighted by Gasteiger charge is -2.07. The molecule has 0 atom stereocenters. The Kier molecular flexibility index (Phi) is 4.35. The van der Waals surface area contributed by atoms with Crippen LogP contribution in [0.4, 0.5) is 0 Å². The topological polar surface area (TPSA) is 61.7 Å². The van der Waals surface area contributed by atoms with Crippen molar-refractivity contribution in [3.8, 4) is 5.75 Å². The van der Waals surface area contributed by atoms with Gasteiger partial charge in [-0.25, -0.2) is 5.43 Å². The van der Waals surface area contributed by atoms with Crippen LogP contribution in [0, 0.1) is 0 Å². The summed E-state index contributed by atoms with van der Waals surface area (Å²) in [5.74, 6) is -0.410. The van der Waals surface area contributed by atoms with Crippen LogP contribution in [0.1, 0.15) is 37.0 Å². The molecule has 4 heteroatoms. The highest BCUT2D eigenvalue weighted by Gasteiger charge is 2.13. The second-order valence-corrected chi connectivity index (χ2v) is 4.72. The van der Waals surface area contributed by atoms with Gasteiger partial charge in [-0.2, -0.15) is 5.10 Å². The van der Waals surface area contributed by atoms with Gasteiger partial charge in [0.25, 0.3) is 5.91 Å². The Morgan fingerprint density at radius 2 is 2.00 bits per heavy atom. The maximum atomic E-state index is 12.0. The molecule has 0 saturated heterocycles. The molecule has 0 saturated carbocycles. The molecule has 2 rings (SSSR count). The van der Waals surface area contributed by atoms with E-state index in [1.807, 2.05) is 31.2 Å². The minimum atomic E-state index is -0.399. The van der Waals surface area contributed by atoms with E-state index in [1.165, 1.54) is 0 Å². The molecule has 0 heterocycles. The van der Waals surface area contributed by atoms with Crippen LogP contribution < -0.4 is 5.43 Å². The number of nitrogens with zero attached hydrogens (tertiary/aromatic N) is 1. The number of carbonyl (C=O) groups is 1. The fourth-order valence-electron chi connectivity index (χ4n) is 2.06. The minimum Gasteiger partial charge on any atom is -0.506 e. The number of fused-ring (bicyclic) bond motifs is 1. The lowest BCUT2D eigenvalue weighted by molar-refractivity contribution is 0.0952. The number of hydrogen-bond acceptors (Lipinski definition) is 3. The zero-order chi connectivity index (χ0) is 14.5. The molecule has 20 heavy (non-hydrogen) atoms.